The minimum atomic E-state index is -4.42. The van der Waals surface area contributed by atoms with Gasteiger partial charge in [-0.2, -0.15) is 8.42 Å². The molecule has 0 amide bonds. The van der Waals surface area contributed by atoms with E-state index in [1.54, 1.807) is 6.92 Å². The van der Waals surface area contributed by atoms with Gasteiger partial charge < -0.3 is 0 Å². The van der Waals surface area contributed by atoms with Gasteiger partial charge >= 0.3 is 0 Å². The fourth-order valence-electron chi connectivity index (χ4n) is 1.97. The molecule has 102 valence electrons. The lowest BCUT2D eigenvalue weighted by Crippen LogP contribution is -2.11. The zero-order valence-corrected chi connectivity index (χ0v) is 12.1. The summed E-state index contributed by atoms with van der Waals surface area (Å²) in [7, 11) is -7.96. The van der Waals surface area contributed by atoms with Crippen LogP contribution in [0.5, 0.6) is 0 Å². The van der Waals surface area contributed by atoms with Crippen molar-refractivity contribution in [2.75, 3.05) is 6.26 Å². The molecule has 0 radical (unpaired) electrons. The van der Waals surface area contributed by atoms with Crippen molar-refractivity contribution in [2.45, 2.75) is 36.5 Å². The molecule has 1 aromatic rings. The highest BCUT2D eigenvalue weighted by Crippen LogP contribution is 2.28. The maximum absolute atomic E-state index is 11.8. The number of aryl methyl sites for hydroxylation is 1. The maximum atomic E-state index is 11.8. The number of hydrogen-bond acceptors (Lipinski definition) is 4. The number of sulfone groups is 1. The summed E-state index contributed by atoms with van der Waals surface area (Å²) in [5.41, 5.74) is 0.649. The van der Waals surface area contributed by atoms with Gasteiger partial charge in [0.05, 0.1) is 9.79 Å². The smallest absolute Gasteiger partial charge is 0.282 e. The molecule has 0 aromatic heterocycles. The Labute approximate surface area is 108 Å². The monoisotopic (exact) mass is 292 g/mol. The molecular weight excluding hydrogens is 276 g/mol. The quantitative estimate of drug-likeness (QED) is 0.851. The third-order valence-corrected chi connectivity index (χ3v) is 4.81. The van der Waals surface area contributed by atoms with Gasteiger partial charge in [0.25, 0.3) is 10.1 Å². The fourth-order valence-corrected chi connectivity index (χ4v) is 4.10. The number of hydrogen-bond donors (Lipinski definition) is 1. The van der Waals surface area contributed by atoms with E-state index in [1.165, 1.54) is 12.1 Å². The molecule has 5 nitrogen and oxygen atoms in total. The molecule has 0 aliphatic carbocycles. The lowest BCUT2D eigenvalue weighted by molar-refractivity contribution is 0.481. The normalized spacial score (nSPS) is 12.7. The molecule has 0 fully saturated rings. The van der Waals surface area contributed by atoms with E-state index < -0.39 is 20.0 Å². The van der Waals surface area contributed by atoms with Crippen molar-refractivity contribution < 1.29 is 21.4 Å². The molecule has 7 heteroatoms. The van der Waals surface area contributed by atoms with Crippen molar-refractivity contribution in [2.24, 2.45) is 0 Å². The molecule has 0 spiro atoms. The Kier molecular flexibility index (Phi) is 4.19. The molecule has 0 bridgehead atoms. The summed E-state index contributed by atoms with van der Waals surface area (Å²) >= 11 is 0. The minimum absolute atomic E-state index is 0.000486. The fraction of sp³-hybridized carbons (Fsp3) is 0.455. The summed E-state index contributed by atoms with van der Waals surface area (Å²) in [4.78, 5) is -0.324. The Morgan fingerprint density at radius 1 is 1.17 bits per heavy atom. The van der Waals surface area contributed by atoms with E-state index in [0.717, 1.165) is 6.26 Å². The van der Waals surface area contributed by atoms with Gasteiger partial charge in [0, 0.05) is 6.26 Å². The van der Waals surface area contributed by atoms with Crippen LogP contribution in [-0.4, -0.2) is 27.6 Å². The summed E-state index contributed by atoms with van der Waals surface area (Å²) in [6.45, 7) is 3.41. The van der Waals surface area contributed by atoms with Crippen molar-refractivity contribution in [1.29, 1.82) is 0 Å². The van der Waals surface area contributed by atoms with Gasteiger partial charge in [-0.05, 0) is 30.5 Å². The minimum Gasteiger partial charge on any atom is -0.282 e. The van der Waals surface area contributed by atoms with Gasteiger partial charge in [-0.15, -0.1) is 0 Å². The van der Waals surface area contributed by atoms with E-state index in [-0.39, 0.29) is 21.8 Å². The van der Waals surface area contributed by atoms with E-state index in [0.29, 0.717) is 12.0 Å². The summed E-state index contributed by atoms with van der Waals surface area (Å²) < 4.78 is 55.2. The van der Waals surface area contributed by atoms with Crippen LogP contribution in [0.3, 0.4) is 0 Å². The van der Waals surface area contributed by atoms with Crippen LogP contribution in [0.2, 0.25) is 0 Å². The highest BCUT2D eigenvalue weighted by Gasteiger charge is 2.24. The summed E-state index contributed by atoms with van der Waals surface area (Å²) in [5.74, 6) is 0. The van der Waals surface area contributed by atoms with Crippen LogP contribution in [0.15, 0.2) is 21.9 Å². The number of rotatable bonds is 4. The van der Waals surface area contributed by atoms with Crippen molar-refractivity contribution in [3.63, 3.8) is 0 Å². The first-order valence-electron chi connectivity index (χ1n) is 5.39. The average Bonchev–Trinajstić information content (AvgIpc) is 2.13. The second-order valence-corrected chi connectivity index (χ2v) is 7.53. The second-order valence-electron chi connectivity index (χ2n) is 4.19. The topological polar surface area (TPSA) is 88.5 Å². The van der Waals surface area contributed by atoms with Gasteiger partial charge in [-0.3, -0.25) is 4.55 Å². The second kappa shape index (κ2) is 4.99. The SMILES string of the molecule is CCCc1c(S(=O)(=O)O)ccc(C)c1S(C)(=O)=O. The highest BCUT2D eigenvalue weighted by atomic mass is 32.2. The molecule has 0 heterocycles. The van der Waals surface area contributed by atoms with Crippen molar-refractivity contribution >= 4 is 20.0 Å². The Morgan fingerprint density at radius 2 is 1.72 bits per heavy atom. The van der Waals surface area contributed by atoms with Gasteiger partial charge in [-0.1, -0.05) is 19.4 Å². The zero-order valence-electron chi connectivity index (χ0n) is 10.5. The molecule has 0 unspecified atom stereocenters. The first-order chi connectivity index (χ1) is 8.09. The zero-order chi connectivity index (χ0) is 14.1. The molecule has 1 N–H and O–H groups in total. The molecule has 0 aliphatic heterocycles. The van der Waals surface area contributed by atoms with Gasteiger partial charge in [-0.25, -0.2) is 8.42 Å². The molecular formula is C11H16O5S2. The third kappa shape index (κ3) is 3.09. The van der Waals surface area contributed by atoms with Crippen LogP contribution in [-0.2, 0) is 26.4 Å². The van der Waals surface area contributed by atoms with Crippen LogP contribution >= 0.6 is 0 Å². The lowest BCUT2D eigenvalue weighted by Gasteiger charge is -2.13. The van der Waals surface area contributed by atoms with E-state index in [4.69, 9.17) is 4.55 Å². The lowest BCUT2D eigenvalue weighted by atomic mass is 10.1. The van der Waals surface area contributed by atoms with E-state index in [1.807, 2.05) is 6.92 Å². The summed E-state index contributed by atoms with van der Waals surface area (Å²) in [5, 5.41) is 0. The third-order valence-electron chi connectivity index (χ3n) is 2.56. The van der Waals surface area contributed by atoms with Gasteiger partial charge in [0.15, 0.2) is 9.84 Å². The van der Waals surface area contributed by atoms with E-state index in [2.05, 4.69) is 0 Å². The molecule has 0 aliphatic rings. The summed E-state index contributed by atoms with van der Waals surface area (Å²) in [6, 6.07) is 2.63. The van der Waals surface area contributed by atoms with E-state index in [9.17, 15) is 16.8 Å². The molecule has 18 heavy (non-hydrogen) atoms. The van der Waals surface area contributed by atoms with Crippen LogP contribution in [0.4, 0.5) is 0 Å². The Morgan fingerprint density at radius 3 is 2.11 bits per heavy atom. The summed E-state index contributed by atoms with van der Waals surface area (Å²) in [6.07, 6.45) is 1.88. The van der Waals surface area contributed by atoms with Crippen molar-refractivity contribution in [1.82, 2.24) is 0 Å². The maximum Gasteiger partial charge on any atom is 0.294 e. The molecule has 0 atom stereocenters. The Balaban J connectivity index is 3.81. The van der Waals surface area contributed by atoms with Gasteiger partial charge in [0.1, 0.15) is 0 Å². The van der Waals surface area contributed by atoms with Crippen LogP contribution < -0.4 is 0 Å². The average molecular weight is 292 g/mol. The standard InChI is InChI=1S/C11H16O5S2/c1-4-5-9-10(18(14,15)16)7-6-8(2)11(9)17(3,12)13/h6-7H,4-5H2,1-3H3,(H,14,15,16). The Bertz CT molecular complexity index is 657. The predicted octanol–water partition coefficient (Wildman–Crippen LogP) is 1.60. The predicted molar refractivity (Wildman–Crippen MR) is 68.1 cm³/mol. The van der Waals surface area contributed by atoms with E-state index >= 15 is 0 Å². The van der Waals surface area contributed by atoms with Gasteiger partial charge in [0.2, 0.25) is 0 Å². The number of benzene rings is 1. The van der Waals surface area contributed by atoms with Crippen LogP contribution in [0.25, 0.3) is 0 Å². The molecule has 0 saturated carbocycles. The molecule has 1 rings (SSSR count). The van der Waals surface area contributed by atoms with Crippen molar-refractivity contribution in [3.8, 4) is 0 Å². The largest absolute Gasteiger partial charge is 0.294 e. The first kappa shape index (κ1) is 15.1. The molecule has 1 aromatic carbocycles. The first-order valence-corrected chi connectivity index (χ1v) is 8.72. The Hall–Kier alpha value is -0.920. The molecule has 0 saturated heterocycles. The van der Waals surface area contributed by atoms with Crippen LogP contribution in [0, 0.1) is 6.92 Å². The van der Waals surface area contributed by atoms with Crippen molar-refractivity contribution in [3.05, 3.63) is 23.3 Å². The highest BCUT2D eigenvalue weighted by molar-refractivity contribution is 7.91. The van der Waals surface area contributed by atoms with Crippen LogP contribution in [0.1, 0.15) is 24.5 Å².